The van der Waals surface area contributed by atoms with E-state index in [4.69, 9.17) is 32.7 Å². The zero-order valence-electron chi connectivity index (χ0n) is 12.8. The minimum atomic E-state index is -0.579. The lowest BCUT2D eigenvalue weighted by Crippen LogP contribution is -2.30. The average molecular weight is 368 g/mol. The van der Waals surface area contributed by atoms with Crippen molar-refractivity contribution in [2.75, 3.05) is 13.7 Å². The van der Waals surface area contributed by atoms with E-state index in [1.54, 1.807) is 42.5 Å². The van der Waals surface area contributed by atoms with Gasteiger partial charge in [0.25, 0.3) is 5.91 Å². The van der Waals surface area contributed by atoms with Crippen LogP contribution in [0.3, 0.4) is 0 Å². The number of ether oxygens (including phenoxy) is 2. The lowest BCUT2D eigenvalue weighted by Gasteiger charge is -2.10. The third kappa shape index (κ3) is 4.88. The molecule has 0 saturated carbocycles. The molecule has 126 valence electrons. The summed E-state index contributed by atoms with van der Waals surface area (Å²) in [7, 11) is 1.47. The predicted molar refractivity (Wildman–Crippen MR) is 91.6 cm³/mol. The van der Waals surface area contributed by atoms with Crippen LogP contribution in [0.25, 0.3) is 0 Å². The molecule has 0 aliphatic rings. The number of esters is 1. The number of hydrogen-bond donors (Lipinski definition) is 1. The molecular formula is C17H15Cl2NO4. The van der Waals surface area contributed by atoms with Gasteiger partial charge in [0, 0.05) is 15.6 Å². The first-order valence-corrected chi connectivity index (χ1v) is 7.77. The van der Waals surface area contributed by atoms with Crippen molar-refractivity contribution in [3.05, 3.63) is 63.6 Å². The molecule has 2 aromatic rings. The number of methoxy groups -OCH3 is 1. The first-order chi connectivity index (χ1) is 11.5. The molecule has 24 heavy (non-hydrogen) atoms. The van der Waals surface area contributed by atoms with E-state index in [2.05, 4.69) is 5.32 Å². The molecule has 2 rings (SSSR count). The Morgan fingerprint density at radius 1 is 1.12 bits per heavy atom. The summed E-state index contributed by atoms with van der Waals surface area (Å²) in [4.78, 5) is 23.8. The lowest BCUT2D eigenvalue weighted by molar-refractivity contribution is -0.143. The molecule has 0 radical (unpaired) electrons. The number of nitrogens with one attached hydrogen (secondary N) is 1. The van der Waals surface area contributed by atoms with Gasteiger partial charge >= 0.3 is 5.97 Å². The Bertz CT molecular complexity index is 749. The van der Waals surface area contributed by atoms with Gasteiger partial charge in [0.05, 0.1) is 12.7 Å². The van der Waals surface area contributed by atoms with Crippen LogP contribution in [-0.4, -0.2) is 25.5 Å². The SMILES string of the molecule is COc1ccccc1C(=O)NCC(=O)OCc1ccc(Cl)cc1Cl. The monoisotopic (exact) mass is 367 g/mol. The molecule has 0 aliphatic heterocycles. The van der Waals surface area contributed by atoms with Crippen molar-refractivity contribution in [3.63, 3.8) is 0 Å². The quantitative estimate of drug-likeness (QED) is 0.793. The number of halogens is 2. The van der Waals surface area contributed by atoms with Crippen LogP contribution in [0.15, 0.2) is 42.5 Å². The van der Waals surface area contributed by atoms with E-state index >= 15 is 0 Å². The summed E-state index contributed by atoms with van der Waals surface area (Å²) in [5, 5.41) is 3.40. The van der Waals surface area contributed by atoms with Crippen LogP contribution in [-0.2, 0) is 16.1 Å². The molecule has 0 atom stereocenters. The van der Waals surface area contributed by atoms with E-state index in [0.29, 0.717) is 26.9 Å². The number of carbonyl (C=O) groups excluding carboxylic acids is 2. The van der Waals surface area contributed by atoms with Gasteiger partial charge in [0.15, 0.2) is 0 Å². The summed E-state index contributed by atoms with van der Waals surface area (Å²) in [5.74, 6) is -0.575. The van der Waals surface area contributed by atoms with Crippen molar-refractivity contribution < 1.29 is 19.1 Å². The van der Waals surface area contributed by atoms with Crippen LogP contribution < -0.4 is 10.1 Å². The molecule has 0 aromatic heterocycles. The summed E-state index contributed by atoms with van der Waals surface area (Å²) in [6.07, 6.45) is 0. The lowest BCUT2D eigenvalue weighted by atomic mass is 10.2. The Kier molecular flexibility index (Phi) is 6.46. The first-order valence-electron chi connectivity index (χ1n) is 7.02. The van der Waals surface area contributed by atoms with Crippen molar-refractivity contribution in [1.82, 2.24) is 5.32 Å². The van der Waals surface area contributed by atoms with Crippen LogP contribution >= 0.6 is 23.2 Å². The van der Waals surface area contributed by atoms with Crippen molar-refractivity contribution >= 4 is 35.1 Å². The second-order valence-corrected chi connectivity index (χ2v) is 5.62. The number of benzene rings is 2. The summed E-state index contributed by atoms with van der Waals surface area (Å²) < 4.78 is 10.2. The number of para-hydroxylation sites is 1. The predicted octanol–water partition coefficient (Wildman–Crippen LogP) is 3.48. The highest BCUT2D eigenvalue weighted by Crippen LogP contribution is 2.21. The fourth-order valence-electron chi connectivity index (χ4n) is 1.93. The van der Waals surface area contributed by atoms with Gasteiger partial charge < -0.3 is 14.8 Å². The van der Waals surface area contributed by atoms with Gasteiger partial charge in [-0.1, -0.05) is 41.4 Å². The van der Waals surface area contributed by atoms with E-state index in [1.165, 1.54) is 7.11 Å². The van der Waals surface area contributed by atoms with Gasteiger partial charge in [0.1, 0.15) is 18.9 Å². The summed E-state index contributed by atoms with van der Waals surface area (Å²) in [6.45, 7) is -0.262. The van der Waals surface area contributed by atoms with E-state index < -0.39 is 11.9 Å². The van der Waals surface area contributed by atoms with Crippen LogP contribution in [0.4, 0.5) is 0 Å². The van der Waals surface area contributed by atoms with Crippen LogP contribution in [0, 0.1) is 0 Å². The van der Waals surface area contributed by atoms with Gasteiger partial charge in [-0.05, 0) is 24.3 Å². The standard InChI is InChI=1S/C17H15Cl2NO4/c1-23-15-5-3-2-4-13(15)17(22)20-9-16(21)24-10-11-6-7-12(18)8-14(11)19/h2-8H,9-10H2,1H3,(H,20,22). The van der Waals surface area contributed by atoms with Crippen molar-refractivity contribution in [2.24, 2.45) is 0 Å². The molecule has 2 aromatic carbocycles. The van der Waals surface area contributed by atoms with Crippen molar-refractivity contribution in [1.29, 1.82) is 0 Å². The number of amides is 1. The molecule has 1 N–H and O–H groups in total. The number of hydrogen-bond acceptors (Lipinski definition) is 4. The molecule has 0 spiro atoms. The average Bonchev–Trinajstić information content (AvgIpc) is 2.58. The molecule has 0 heterocycles. The topological polar surface area (TPSA) is 64.6 Å². The van der Waals surface area contributed by atoms with E-state index in [1.807, 2.05) is 0 Å². The maximum atomic E-state index is 12.1. The maximum absolute atomic E-state index is 12.1. The smallest absolute Gasteiger partial charge is 0.325 e. The summed E-state index contributed by atoms with van der Waals surface area (Å²) in [6, 6.07) is 11.6. The van der Waals surface area contributed by atoms with Crippen molar-refractivity contribution in [2.45, 2.75) is 6.61 Å². The van der Waals surface area contributed by atoms with Crippen LogP contribution in [0.5, 0.6) is 5.75 Å². The van der Waals surface area contributed by atoms with Gasteiger partial charge in [0.2, 0.25) is 0 Å². The number of carbonyl (C=O) groups is 2. The molecule has 0 unspecified atom stereocenters. The van der Waals surface area contributed by atoms with Crippen LogP contribution in [0.1, 0.15) is 15.9 Å². The highest BCUT2D eigenvalue weighted by Gasteiger charge is 2.13. The molecule has 0 fully saturated rings. The van der Waals surface area contributed by atoms with Gasteiger partial charge in [-0.2, -0.15) is 0 Å². The van der Waals surface area contributed by atoms with Crippen molar-refractivity contribution in [3.8, 4) is 5.75 Å². The molecular weight excluding hydrogens is 353 g/mol. The Hall–Kier alpha value is -2.24. The molecule has 7 heteroatoms. The largest absolute Gasteiger partial charge is 0.496 e. The Morgan fingerprint density at radius 3 is 2.58 bits per heavy atom. The fraction of sp³-hybridized carbons (Fsp3) is 0.176. The van der Waals surface area contributed by atoms with E-state index in [-0.39, 0.29) is 13.2 Å². The molecule has 0 aliphatic carbocycles. The zero-order chi connectivity index (χ0) is 17.5. The van der Waals surface area contributed by atoms with E-state index in [0.717, 1.165) is 0 Å². The highest BCUT2D eigenvalue weighted by molar-refractivity contribution is 6.35. The molecule has 0 bridgehead atoms. The van der Waals surface area contributed by atoms with E-state index in [9.17, 15) is 9.59 Å². The second kappa shape index (κ2) is 8.57. The molecule has 0 saturated heterocycles. The van der Waals surface area contributed by atoms with Gasteiger partial charge in [-0.3, -0.25) is 9.59 Å². The van der Waals surface area contributed by atoms with Gasteiger partial charge in [-0.15, -0.1) is 0 Å². The minimum Gasteiger partial charge on any atom is -0.496 e. The zero-order valence-corrected chi connectivity index (χ0v) is 14.4. The van der Waals surface area contributed by atoms with Gasteiger partial charge in [-0.25, -0.2) is 0 Å². The maximum Gasteiger partial charge on any atom is 0.325 e. The highest BCUT2D eigenvalue weighted by atomic mass is 35.5. The summed E-state index contributed by atoms with van der Waals surface area (Å²) >= 11 is 11.8. The normalized spacial score (nSPS) is 10.1. The third-order valence-corrected chi connectivity index (χ3v) is 3.74. The fourth-order valence-corrected chi connectivity index (χ4v) is 2.39. The first kappa shape index (κ1) is 18.1. The Balaban J connectivity index is 1.85. The Morgan fingerprint density at radius 2 is 1.88 bits per heavy atom. The summed E-state index contributed by atoms with van der Waals surface area (Å²) in [5.41, 5.74) is 0.971. The molecule has 1 amide bonds. The minimum absolute atomic E-state index is 0.000631. The molecule has 5 nitrogen and oxygen atoms in total. The third-order valence-electron chi connectivity index (χ3n) is 3.15. The van der Waals surface area contributed by atoms with Crippen LogP contribution in [0.2, 0.25) is 10.0 Å². The second-order valence-electron chi connectivity index (χ2n) is 4.78. The number of rotatable bonds is 6. The Labute approximate surface area is 149 Å².